The van der Waals surface area contributed by atoms with E-state index in [2.05, 4.69) is 13.8 Å². The lowest BCUT2D eigenvalue weighted by atomic mass is 10.2. The van der Waals surface area contributed by atoms with E-state index in [0.29, 0.717) is 5.92 Å². The van der Waals surface area contributed by atoms with Gasteiger partial charge in [-0.2, -0.15) is 0 Å². The Bertz CT molecular complexity index is 138. The van der Waals surface area contributed by atoms with Gasteiger partial charge >= 0.3 is 0 Å². The van der Waals surface area contributed by atoms with Crippen LogP contribution in [0.25, 0.3) is 0 Å². The van der Waals surface area contributed by atoms with Crippen LogP contribution in [0.1, 0.15) is 33.6 Å². The van der Waals surface area contributed by atoms with Gasteiger partial charge in [0.15, 0.2) is 0 Å². The zero-order chi connectivity index (χ0) is 9.56. The standard InChI is InChI=1S/C9H19NOS/c1-4-7(3)6-12-8(5-2)9(10)11/h7-8H,4-6H2,1-3H3,(H2,10,11). The summed E-state index contributed by atoms with van der Waals surface area (Å²) >= 11 is 1.69. The van der Waals surface area contributed by atoms with Crippen molar-refractivity contribution in [3.05, 3.63) is 0 Å². The molecule has 0 saturated carbocycles. The maximum absolute atomic E-state index is 10.8. The Balaban J connectivity index is 3.65. The summed E-state index contributed by atoms with van der Waals surface area (Å²) < 4.78 is 0. The number of thioether (sulfide) groups is 1. The fourth-order valence-corrected chi connectivity index (χ4v) is 2.00. The Labute approximate surface area is 79.3 Å². The van der Waals surface area contributed by atoms with Crippen molar-refractivity contribution in [1.29, 1.82) is 0 Å². The molecule has 2 nitrogen and oxygen atoms in total. The van der Waals surface area contributed by atoms with E-state index >= 15 is 0 Å². The van der Waals surface area contributed by atoms with E-state index in [1.54, 1.807) is 11.8 Å². The Hall–Kier alpha value is -0.180. The highest BCUT2D eigenvalue weighted by Gasteiger charge is 2.13. The predicted octanol–water partition coefficient (Wildman–Crippen LogP) is 2.03. The highest BCUT2D eigenvalue weighted by atomic mass is 32.2. The molecular weight excluding hydrogens is 170 g/mol. The van der Waals surface area contributed by atoms with Crippen molar-refractivity contribution in [2.75, 3.05) is 5.75 Å². The monoisotopic (exact) mass is 189 g/mol. The molecule has 2 N–H and O–H groups in total. The van der Waals surface area contributed by atoms with Crippen LogP contribution in [0.3, 0.4) is 0 Å². The predicted molar refractivity (Wildman–Crippen MR) is 55.2 cm³/mol. The van der Waals surface area contributed by atoms with Crippen molar-refractivity contribution < 1.29 is 4.79 Å². The first-order chi connectivity index (χ1) is 5.61. The minimum Gasteiger partial charge on any atom is -0.369 e. The first kappa shape index (κ1) is 11.8. The Kier molecular flexibility index (Phi) is 6.25. The van der Waals surface area contributed by atoms with Crippen LogP contribution in [0.2, 0.25) is 0 Å². The van der Waals surface area contributed by atoms with Crippen molar-refractivity contribution in [2.24, 2.45) is 11.7 Å². The number of rotatable bonds is 6. The molecule has 0 aromatic carbocycles. The summed E-state index contributed by atoms with van der Waals surface area (Å²) in [5, 5.41) is 0.0130. The van der Waals surface area contributed by atoms with E-state index in [1.807, 2.05) is 6.92 Å². The normalized spacial score (nSPS) is 15.6. The third kappa shape index (κ3) is 4.65. The van der Waals surface area contributed by atoms with Crippen molar-refractivity contribution in [2.45, 2.75) is 38.9 Å². The number of amides is 1. The zero-order valence-electron chi connectivity index (χ0n) is 8.17. The lowest BCUT2D eigenvalue weighted by molar-refractivity contribution is -0.117. The maximum atomic E-state index is 10.8. The van der Waals surface area contributed by atoms with Gasteiger partial charge < -0.3 is 5.73 Å². The van der Waals surface area contributed by atoms with Gasteiger partial charge in [0.05, 0.1) is 5.25 Å². The van der Waals surface area contributed by atoms with Crippen molar-refractivity contribution in [3.63, 3.8) is 0 Å². The third-order valence-corrected chi connectivity index (χ3v) is 3.70. The second-order valence-electron chi connectivity index (χ2n) is 3.15. The van der Waals surface area contributed by atoms with Gasteiger partial charge in [0.2, 0.25) is 5.91 Å². The van der Waals surface area contributed by atoms with E-state index in [4.69, 9.17) is 5.73 Å². The number of carbonyl (C=O) groups is 1. The van der Waals surface area contributed by atoms with Gasteiger partial charge in [-0.3, -0.25) is 4.79 Å². The molecule has 0 heterocycles. The number of carbonyl (C=O) groups excluding carboxylic acids is 1. The molecule has 72 valence electrons. The van der Waals surface area contributed by atoms with Gasteiger partial charge in [-0.1, -0.05) is 27.2 Å². The quantitative estimate of drug-likeness (QED) is 0.694. The first-order valence-corrected chi connectivity index (χ1v) is 5.57. The molecule has 0 spiro atoms. The van der Waals surface area contributed by atoms with Crippen LogP contribution in [-0.2, 0) is 4.79 Å². The number of hydrogen-bond donors (Lipinski definition) is 1. The van der Waals surface area contributed by atoms with E-state index in [1.165, 1.54) is 6.42 Å². The second-order valence-corrected chi connectivity index (χ2v) is 4.38. The van der Waals surface area contributed by atoms with Crippen LogP contribution >= 0.6 is 11.8 Å². The van der Waals surface area contributed by atoms with Gasteiger partial charge in [-0.15, -0.1) is 11.8 Å². The minimum absolute atomic E-state index is 0.0130. The number of nitrogens with two attached hydrogens (primary N) is 1. The molecule has 0 bridgehead atoms. The van der Waals surface area contributed by atoms with Gasteiger partial charge in [-0.25, -0.2) is 0 Å². The largest absolute Gasteiger partial charge is 0.369 e. The Morgan fingerprint density at radius 3 is 2.33 bits per heavy atom. The molecule has 2 unspecified atom stereocenters. The smallest absolute Gasteiger partial charge is 0.230 e. The molecule has 12 heavy (non-hydrogen) atoms. The SMILES string of the molecule is CCC(C)CSC(CC)C(N)=O. The van der Waals surface area contributed by atoms with Crippen LogP contribution in [0.4, 0.5) is 0 Å². The topological polar surface area (TPSA) is 43.1 Å². The molecule has 0 aliphatic carbocycles. The summed E-state index contributed by atoms with van der Waals surface area (Å²) in [6, 6.07) is 0. The van der Waals surface area contributed by atoms with E-state index in [9.17, 15) is 4.79 Å². The van der Waals surface area contributed by atoms with E-state index < -0.39 is 0 Å². The zero-order valence-corrected chi connectivity index (χ0v) is 8.99. The number of hydrogen-bond acceptors (Lipinski definition) is 2. The summed E-state index contributed by atoms with van der Waals surface area (Å²) in [4.78, 5) is 10.8. The fourth-order valence-electron chi connectivity index (χ4n) is 0.799. The molecule has 0 rings (SSSR count). The Morgan fingerprint density at radius 2 is 2.00 bits per heavy atom. The highest BCUT2D eigenvalue weighted by molar-refractivity contribution is 8.00. The van der Waals surface area contributed by atoms with Crippen molar-refractivity contribution in [3.8, 4) is 0 Å². The lowest BCUT2D eigenvalue weighted by Gasteiger charge is -2.13. The average Bonchev–Trinajstić information content (AvgIpc) is 2.04. The minimum atomic E-state index is -0.175. The van der Waals surface area contributed by atoms with Gasteiger partial charge in [-0.05, 0) is 18.1 Å². The fraction of sp³-hybridized carbons (Fsp3) is 0.889. The molecular formula is C9H19NOS. The number of primary amides is 1. The summed E-state index contributed by atoms with van der Waals surface area (Å²) in [6.07, 6.45) is 2.01. The molecule has 0 saturated heterocycles. The van der Waals surface area contributed by atoms with Crippen molar-refractivity contribution >= 4 is 17.7 Å². The maximum Gasteiger partial charge on any atom is 0.230 e. The van der Waals surface area contributed by atoms with Gasteiger partial charge in [0.1, 0.15) is 0 Å². The van der Waals surface area contributed by atoms with E-state index in [0.717, 1.165) is 12.2 Å². The third-order valence-electron chi connectivity index (χ3n) is 1.97. The molecule has 0 radical (unpaired) electrons. The van der Waals surface area contributed by atoms with Crippen LogP contribution in [0, 0.1) is 5.92 Å². The van der Waals surface area contributed by atoms with Crippen molar-refractivity contribution in [1.82, 2.24) is 0 Å². The molecule has 0 aliphatic heterocycles. The van der Waals surface area contributed by atoms with Gasteiger partial charge in [0, 0.05) is 0 Å². The van der Waals surface area contributed by atoms with Crippen LogP contribution in [0.15, 0.2) is 0 Å². The summed E-state index contributed by atoms with van der Waals surface area (Å²) in [5.74, 6) is 1.55. The summed E-state index contributed by atoms with van der Waals surface area (Å²) in [7, 11) is 0. The van der Waals surface area contributed by atoms with Crippen LogP contribution in [-0.4, -0.2) is 16.9 Å². The highest BCUT2D eigenvalue weighted by Crippen LogP contribution is 2.18. The molecule has 1 amide bonds. The molecule has 0 fully saturated rings. The average molecular weight is 189 g/mol. The summed E-state index contributed by atoms with van der Waals surface area (Å²) in [5.41, 5.74) is 5.22. The summed E-state index contributed by atoms with van der Waals surface area (Å²) in [6.45, 7) is 6.36. The van der Waals surface area contributed by atoms with Crippen LogP contribution in [0.5, 0.6) is 0 Å². The molecule has 0 aromatic heterocycles. The van der Waals surface area contributed by atoms with Crippen LogP contribution < -0.4 is 5.73 Å². The first-order valence-electron chi connectivity index (χ1n) is 4.52. The molecule has 0 aromatic rings. The Morgan fingerprint density at radius 1 is 1.42 bits per heavy atom. The second kappa shape index (κ2) is 6.35. The molecule has 2 atom stereocenters. The van der Waals surface area contributed by atoms with Gasteiger partial charge in [0.25, 0.3) is 0 Å². The van der Waals surface area contributed by atoms with E-state index in [-0.39, 0.29) is 11.2 Å². The lowest BCUT2D eigenvalue weighted by Crippen LogP contribution is -2.25. The molecule has 0 aliphatic rings. The molecule has 3 heteroatoms.